The fourth-order valence-corrected chi connectivity index (χ4v) is 2.47. The minimum absolute atomic E-state index is 0.755. The maximum Gasteiger partial charge on any atom is 0.0117 e. The van der Waals surface area contributed by atoms with Crippen LogP contribution in [0.5, 0.6) is 0 Å². The minimum Gasteiger partial charge on any atom is -0.314 e. The molecule has 15 heavy (non-hydrogen) atoms. The van der Waals surface area contributed by atoms with Crippen molar-refractivity contribution in [1.82, 2.24) is 10.2 Å². The van der Waals surface area contributed by atoms with Gasteiger partial charge in [0.05, 0.1) is 0 Å². The maximum atomic E-state index is 3.67. The standard InChI is InChI=1S/C13H28N2/c1-5-8-14-13-7-9-15(10-11(13)3)12(4)6-2/h11-14H,5-10H2,1-4H3. The average molecular weight is 212 g/mol. The molecule has 0 aliphatic carbocycles. The largest absolute Gasteiger partial charge is 0.314 e. The lowest BCUT2D eigenvalue weighted by Crippen LogP contribution is -2.50. The van der Waals surface area contributed by atoms with Gasteiger partial charge < -0.3 is 10.2 Å². The van der Waals surface area contributed by atoms with Crippen molar-refractivity contribution in [3.05, 3.63) is 0 Å². The second kappa shape index (κ2) is 6.49. The van der Waals surface area contributed by atoms with Gasteiger partial charge in [0, 0.05) is 18.6 Å². The monoisotopic (exact) mass is 212 g/mol. The summed E-state index contributed by atoms with van der Waals surface area (Å²) in [5.74, 6) is 0.805. The molecule has 0 radical (unpaired) electrons. The van der Waals surface area contributed by atoms with Crippen LogP contribution in [0.3, 0.4) is 0 Å². The molecule has 1 N–H and O–H groups in total. The second-order valence-electron chi connectivity index (χ2n) is 5.08. The molecule has 0 aromatic rings. The lowest BCUT2D eigenvalue weighted by Gasteiger charge is -2.40. The molecule has 3 unspecified atom stereocenters. The molecule has 90 valence electrons. The Morgan fingerprint density at radius 1 is 1.40 bits per heavy atom. The van der Waals surface area contributed by atoms with E-state index in [1.807, 2.05) is 0 Å². The third kappa shape index (κ3) is 3.76. The second-order valence-corrected chi connectivity index (χ2v) is 5.08. The van der Waals surface area contributed by atoms with Crippen LogP contribution in [0.15, 0.2) is 0 Å². The van der Waals surface area contributed by atoms with E-state index in [-0.39, 0.29) is 0 Å². The van der Waals surface area contributed by atoms with Crippen molar-refractivity contribution >= 4 is 0 Å². The van der Waals surface area contributed by atoms with Gasteiger partial charge in [0.15, 0.2) is 0 Å². The highest BCUT2D eigenvalue weighted by Gasteiger charge is 2.27. The quantitative estimate of drug-likeness (QED) is 0.753. The van der Waals surface area contributed by atoms with Crippen LogP contribution in [-0.4, -0.2) is 36.6 Å². The van der Waals surface area contributed by atoms with E-state index >= 15 is 0 Å². The van der Waals surface area contributed by atoms with Gasteiger partial charge in [0.2, 0.25) is 0 Å². The number of hydrogen-bond acceptors (Lipinski definition) is 2. The Bertz CT molecular complexity index is 170. The van der Waals surface area contributed by atoms with E-state index in [0.29, 0.717) is 0 Å². The summed E-state index contributed by atoms with van der Waals surface area (Å²) in [4.78, 5) is 2.65. The molecule has 1 aliphatic rings. The summed E-state index contributed by atoms with van der Waals surface area (Å²) < 4.78 is 0. The third-order valence-corrected chi connectivity index (χ3v) is 3.81. The SMILES string of the molecule is CCCNC1CCN(C(C)CC)CC1C. The smallest absolute Gasteiger partial charge is 0.0117 e. The first-order valence-electron chi connectivity index (χ1n) is 6.66. The van der Waals surface area contributed by atoms with Crippen LogP contribution in [0.4, 0.5) is 0 Å². The number of rotatable bonds is 5. The van der Waals surface area contributed by atoms with E-state index in [0.717, 1.165) is 18.0 Å². The summed E-state index contributed by atoms with van der Waals surface area (Å²) in [5.41, 5.74) is 0. The summed E-state index contributed by atoms with van der Waals surface area (Å²) >= 11 is 0. The zero-order chi connectivity index (χ0) is 11.3. The summed E-state index contributed by atoms with van der Waals surface area (Å²) in [6.45, 7) is 13.0. The van der Waals surface area contributed by atoms with Crippen molar-refractivity contribution in [3.8, 4) is 0 Å². The van der Waals surface area contributed by atoms with Crippen LogP contribution >= 0.6 is 0 Å². The van der Waals surface area contributed by atoms with Gasteiger partial charge in [0.25, 0.3) is 0 Å². The first kappa shape index (κ1) is 13.0. The Labute approximate surface area is 95.4 Å². The van der Waals surface area contributed by atoms with E-state index in [4.69, 9.17) is 0 Å². The van der Waals surface area contributed by atoms with Crippen molar-refractivity contribution in [3.63, 3.8) is 0 Å². The molecule has 0 bridgehead atoms. The van der Waals surface area contributed by atoms with Crippen molar-refractivity contribution < 1.29 is 0 Å². The molecule has 1 rings (SSSR count). The molecular formula is C13H28N2. The molecule has 2 nitrogen and oxygen atoms in total. The predicted octanol–water partition coefficient (Wildman–Crippen LogP) is 2.49. The van der Waals surface area contributed by atoms with Gasteiger partial charge in [-0.1, -0.05) is 20.8 Å². The highest BCUT2D eigenvalue weighted by molar-refractivity contribution is 4.84. The number of piperidine rings is 1. The first-order valence-corrected chi connectivity index (χ1v) is 6.66. The molecule has 0 spiro atoms. The Morgan fingerprint density at radius 2 is 2.13 bits per heavy atom. The van der Waals surface area contributed by atoms with Gasteiger partial charge in [-0.05, 0) is 45.2 Å². The molecule has 2 heteroatoms. The summed E-state index contributed by atoms with van der Waals surface area (Å²) in [6.07, 6.45) is 3.85. The van der Waals surface area contributed by atoms with Gasteiger partial charge in [0.1, 0.15) is 0 Å². The molecule has 0 aromatic carbocycles. The fraction of sp³-hybridized carbons (Fsp3) is 1.00. The number of nitrogens with one attached hydrogen (secondary N) is 1. The topological polar surface area (TPSA) is 15.3 Å². The van der Waals surface area contributed by atoms with Gasteiger partial charge >= 0.3 is 0 Å². The summed E-state index contributed by atoms with van der Waals surface area (Å²) in [7, 11) is 0. The Morgan fingerprint density at radius 3 is 2.67 bits per heavy atom. The lowest BCUT2D eigenvalue weighted by atomic mass is 9.92. The van der Waals surface area contributed by atoms with Crippen LogP contribution in [0.1, 0.15) is 47.0 Å². The third-order valence-electron chi connectivity index (χ3n) is 3.81. The van der Waals surface area contributed by atoms with Crippen LogP contribution in [0.25, 0.3) is 0 Å². The molecule has 0 amide bonds. The van der Waals surface area contributed by atoms with E-state index < -0.39 is 0 Å². The lowest BCUT2D eigenvalue weighted by molar-refractivity contribution is 0.109. The highest BCUT2D eigenvalue weighted by Crippen LogP contribution is 2.19. The van der Waals surface area contributed by atoms with Crippen LogP contribution in [0, 0.1) is 5.92 Å². The first-order chi connectivity index (χ1) is 7.19. The zero-order valence-corrected chi connectivity index (χ0v) is 10.9. The number of hydrogen-bond donors (Lipinski definition) is 1. The van der Waals surface area contributed by atoms with Crippen molar-refractivity contribution in [2.24, 2.45) is 5.92 Å². The van der Waals surface area contributed by atoms with E-state index in [1.54, 1.807) is 0 Å². The molecule has 1 aliphatic heterocycles. The zero-order valence-electron chi connectivity index (χ0n) is 10.9. The van der Waals surface area contributed by atoms with Crippen LogP contribution in [0.2, 0.25) is 0 Å². The molecule has 3 atom stereocenters. The molecule has 0 aromatic heterocycles. The molecule has 1 saturated heterocycles. The van der Waals surface area contributed by atoms with Crippen molar-refractivity contribution in [2.45, 2.75) is 59.0 Å². The van der Waals surface area contributed by atoms with Gasteiger partial charge in [-0.3, -0.25) is 0 Å². The van der Waals surface area contributed by atoms with Crippen molar-refractivity contribution in [1.29, 1.82) is 0 Å². The van der Waals surface area contributed by atoms with E-state index in [1.165, 1.54) is 38.9 Å². The summed E-state index contributed by atoms with van der Waals surface area (Å²) in [6, 6.07) is 1.52. The molecule has 1 fully saturated rings. The number of nitrogens with zero attached hydrogens (tertiary/aromatic N) is 1. The fourth-order valence-electron chi connectivity index (χ4n) is 2.47. The van der Waals surface area contributed by atoms with Crippen molar-refractivity contribution in [2.75, 3.05) is 19.6 Å². The Kier molecular flexibility index (Phi) is 5.62. The van der Waals surface area contributed by atoms with Crippen LogP contribution in [-0.2, 0) is 0 Å². The highest BCUT2D eigenvalue weighted by atomic mass is 15.2. The molecular weight excluding hydrogens is 184 g/mol. The van der Waals surface area contributed by atoms with Crippen LogP contribution < -0.4 is 5.32 Å². The number of likely N-dealkylation sites (tertiary alicyclic amines) is 1. The van der Waals surface area contributed by atoms with Gasteiger partial charge in [-0.15, -0.1) is 0 Å². The average Bonchev–Trinajstić information content (AvgIpc) is 2.26. The predicted molar refractivity (Wildman–Crippen MR) is 67.2 cm³/mol. The maximum absolute atomic E-state index is 3.67. The normalized spacial score (nSPS) is 30.4. The minimum atomic E-state index is 0.755. The summed E-state index contributed by atoms with van der Waals surface area (Å²) in [5, 5.41) is 3.67. The Hall–Kier alpha value is -0.0800. The Balaban J connectivity index is 2.33. The molecule has 0 saturated carbocycles. The van der Waals surface area contributed by atoms with E-state index in [9.17, 15) is 0 Å². The van der Waals surface area contributed by atoms with Gasteiger partial charge in [-0.2, -0.15) is 0 Å². The van der Waals surface area contributed by atoms with E-state index in [2.05, 4.69) is 37.9 Å². The van der Waals surface area contributed by atoms with Gasteiger partial charge in [-0.25, -0.2) is 0 Å². The molecule has 1 heterocycles.